The molecule has 22 heavy (non-hydrogen) atoms. The number of aryl methyl sites for hydroxylation is 2. The van der Waals surface area contributed by atoms with Gasteiger partial charge in [0.25, 0.3) is 10.0 Å². The van der Waals surface area contributed by atoms with E-state index < -0.39 is 10.0 Å². The van der Waals surface area contributed by atoms with Gasteiger partial charge in [-0.1, -0.05) is 27.5 Å². The lowest BCUT2D eigenvalue weighted by molar-refractivity contribution is 0.534. The second kappa shape index (κ2) is 6.22. The number of nitrogens with zero attached hydrogens (tertiary/aromatic N) is 2. The Balaban J connectivity index is 2.45. The van der Waals surface area contributed by atoms with Crippen molar-refractivity contribution in [2.45, 2.75) is 38.6 Å². The van der Waals surface area contributed by atoms with Crippen molar-refractivity contribution in [1.82, 2.24) is 9.78 Å². The van der Waals surface area contributed by atoms with Crippen molar-refractivity contribution < 1.29 is 8.42 Å². The Labute approximate surface area is 143 Å². The minimum absolute atomic E-state index is 0.0897. The Kier molecular flexibility index (Phi) is 4.89. The van der Waals surface area contributed by atoms with E-state index in [0.717, 1.165) is 4.47 Å². The molecule has 1 heterocycles. The maximum absolute atomic E-state index is 12.7. The molecule has 0 atom stereocenters. The maximum atomic E-state index is 12.7. The van der Waals surface area contributed by atoms with Gasteiger partial charge in [0.2, 0.25) is 0 Å². The first kappa shape index (κ1) is 17.3. The standard InChI is InChI=1S/C14H17BrClN3O2S/c1-8(2)19-7-12(16)14(17-19)18-22(20,21)13-9(3)5-11(15)6-10(13)4/h5-8H,1-4H3,(H,17,18). The summed E-state index contributed by atoms with van der Waals surface area (Å²) in [7, 11) is -3.76. The van der Waals surface area contributed by atoms with Crippen LogP contribution in [0.5, 0.6) is 0 Å². The van der Waals surface area contributed by atoms with Crippen molar-refractivity contribution in [2.75, 3.05) is 4.72 Å². The highest BCUT2D eigenvalue weighted by atomic mass is 79.9. The third kappa shape index (κ3) is 3.47. The second-order valence-electron chi connectivity index (χ2n) is 5.37. The Morgan fingerprint density at radius 3 is 2.27 bits per heavy atom. The van der Waals surface area contributed by atoms with Crippen molar-refractivity contribution in [1.29, 1.82) is 0 Å². The zero-order valence-corrected chi connectivity index (χ0v) is 15.8. The minimum atomic E-state index is -3.76. The van der Waals surface area contributed by atoms with Crippen LogP contribution in [0.4, 0.5) is 5.82 Å². The first-order chi connectivity index (χ1) is 10.1. The van der Waals surface area contributed by atoms with Crippen LogP contribution in [-0.4, -0.2) is 18.2 Å². The van der Waals surface area contributed by atoms with E-state index in [2.05, 4.69) is 25.8 Å². The van der Waals surface area contributed by atoms with Crippen LogP contribution in [0.15, 0.2) is 27.7 Å². The van der Waals surface area contributed by atoms with E-state index in [0.29, 0.717) is 11.1 Å². The highest BCUT2D eigenvalue weighted by Crippen LogP contribution is 2.29. The van der Waals surface area contributed by atoms with Crippen LogP contribution in [0, 0.1) is 13.8 Å². The van der Waals surface area contributed by atoms with Gasteiger partial charge >= 0.3 is 0 Å². The predicted octanol–water partition coefficient (Wildman–Crippen LogP) is 4.30. The van der Waals surface area contributed by atoms with Gasteiger partial charge in [-0.2, -0.15) is 5.10 Å². The largest absolute Gasteiger partial charge is 0.267 e. The lowest BCUT2D eigenvalue weighted by Crippen LogP contribution is -2.16. The van der Waals surface area contributed by atoms with Crippen LogP contribution in [0.25, 0.3) is 0 Å². The van der Waals surface area contributed by atoms with Gasteiger partial charge in [0.1, 0.15) is 5.02 Å². The molecule has 2 rings (SSSR count). The van der Waals surface area contributed by atoms with Crippen molar-refractivity contribution in [3.8, 4) is 0 Å². The Morgan fingerprint density at radius 1 is 1.27 bits per heavy atom. The van der Waals surface area contributed by atoms with E-state index in [1.165, 1.54) is 0 Å². The number of hydrogen-bond acceptors (Lipinski definition) is 3. The normalized spacial score (nSPS) is 12.0. The number of rotatable bonds is 4. The molecule has 0 aliphatic rings. The molecular formula is C14H17BrClN3O2S. The fraction of sp³-hybridized carbons (Fsp3) is 0.357. The van der Waals surface area contributed by atoms with Crippen molar-refractivity contribution in [2.24, 2.45) is 0 Å². The predicted molar refractivity (Wildman–Crippen MR) is 92.0 cm³/mol. The van der Waals surface area contributed by atoms with Gasteiger partial charge in [0.15, 0.2) is 5.82 Å². The molecule has 0 radical (unpaired) electrons. The van der Waals surface area contributed by atoms with E-state index in [1.807, 2.05) is 13.8 Å². The number of halogens is 2. The van der Waals surface area contributed by atoms with Crippen molar-refractivity contribution in [3.05, 3.63) is 39.0 Å². The fourth-order valence-electron chi connectivity index (χ4n) is 2.20. The molecule has 8 heteroatoms. The van der Waals surface area contributed by atoms with E-state index in [9.17, 15) is 8.42 Å². The van der Waals surface area contributed by atoms with Gasteiger partial charge in [0.05, 0.1) is 4.90 Å². The van der Waals surface area contributed by atoms with Crippen LogP contribution in [-0.2, 0) is 10.0 Å². The minimum Gasteiger partial charge on any atom is -0.267 e. The van der Waals surface area contributed by atoms with Gasteiger partial charge in [0, 0.05) is 16.7 Å². The summed E-state index contributed by atoms with van der Waals surface area (Å²) < 4.78 is 30.2. The summed E-state index contributed by atoms with van der Waals surface area (Å²) in [5, 5.41) is 4.45. The first-order valence-corrected chi connectivity index (χ1v) is 9.31. The molecular weight excluding hydrogens is 390 g/mol. The second-order valence-corrected chi connectivity index (χ2v) is 8.32. The van der Waals surface area contributed by atoms with Crippen LogP contribution in [0.3, 0.4) is 0 Å². The van der Waals surface area contributed by atoms with Crippen molar-refractivity contribution in [3.63, 3.8) is 0 Å². The summed E-state index contributed by atoms with van der Waals surface area (Å²) in [4.78, 5) is 0.242. The summed E-state index contributed by atoms with van der Waals surface area (Å²) in [6.07, 6.45) is 1.60. The summed E-state index contributed by atoms with van der Waals surface area (Å²) in [5.41, 5.74) is 1.30. The molecule has 0 saturated heterocycles. The molecule has 0 unspecified atom stereocenters. The van der Waals surface area contributed by atoms with Gasteiger partial charge in [-0.05, 0) is 51.0 Å². The molecule has 120 valence electrons. The van der Waals surface area contributed by atoms with E-state index in [-0.39, 0.29) is 21.8 Å². The number of sulfonamides is 1. The quantitative estimate of drug-likeness (QED) is 0.823. The number of benzene rings is 1. The molecule has 5 nitrogen and oxygen atoms in total. The SMILES string of the molecule is Cc1cc(Br)cc(C)c1S(=O)(=O)Nc1nn(C(C)C)cc1Cl. The average Bonchev–Trinajstić information content (AvgIpc) is 2.68. The van der Waals surface area contributed by atoms with Gasteiger partial charge in [-0.15, -0.1) is 0 Å². The number of nitrogens with one attached hydrogen (secondary N) is 1. The fourth-order valence-corrected chi connectivity index (χ4v) is 4.60. The summed E-state index contributed by atoms with van der Waals surface area (Å²) in [5.74, 6) is 0.136. The monoisotopic (exact) mass is 405 g/mol. The smallest absolute Gasteiger partial charge is 0.263 e. The molecule has 1 aromatic heterocycles. The highest BCUT2D eigenvalue weighted by molar-refractivity contribution is 9.10. The molecule has 1 aromatic carbocycles. The van der Waals surface area contributed by atoms with Gasteiger partial charge in [-0.3, -0.25) is 9.40 Å². The molecule has 0 aliphatic heterocycles. The molecule has 0 aliphatic carbocycles. The third-order valence-corrected chi connectivity index (χ3v) is 5.52. The van der Waals surface area contributed by atoms with Crippen LogP contribution >= 0.6 is 27.5 Å². The zero-order valence-electron chi connectivity index (χ0n) is 12.7. The lowest BCUT2D eigenvalue weighted by Gasteiger charge is -2.12. The molecule has 0 spiro atoms. The van der Waals surface area contributed by atoms with Gasteiger partial charge < -0.3 is 0 Å². The van der Waals surface area contributed by atoms with E-state index in [4.69, 9.17) is 11.6 Å². The number of aromatic nitrogens is 2. The topological polar surface area (TPSA) is 64.0 Å². The van der Waals surface area contributed by atoms with E-state index in [1.54, 1.807) is 36.9 Å². The van der Waals surface area contributed by atoms with Crippen molar-refractivity contribution >= 4 is 43.4 Å². The summed E-state index contributed by atoms with van der Waals surface area (Å²) in [6.45, 7) is 7.37. The summed E-state index contributed by atoms with van der Waals surface area (Å²) >= 11 is 9.43. The highest BCUT2D eigenvalue weighted by Gasteiger charge is 2.23. The molecule has 1 N–H and O–H groups in total. The molecule has 0 amide bonds. The average molecular weight is 407 g/mol. The van der Waals surface area contributed by atoms with Crippen LogP contribution in [0.1, 0.15) is 31.0 Å². The Hall–Kier alpha value is -1.05. The third-order valence-electron chi connectivity index (χ3n) is 3.14. The maximum Gasteiger partial charge on any atom is 0.263 e. The molecule has 0 fully saturated rings. The zero-order chi connectivity index (χ0) is 16.7. The van der Waals surface area contributed by atoms with E-state index >= 15 is 0 Å². The first-order valence-electron chi connectivity index (χ1n) is 6.66. The number of hydrogen-bond donors (Lipinski definition) is 1. The Bertz CT molecular complexity index is 792. The number of anilines is 1. The van der Waals surface area contributed by atoms with Gasteiger partial charge in [-0.25, -0.2) is 8.42 Å². The molecule has 0 bridgehead atoms. The molecule has 2 aromatic rings. The molecule has 0 saturated carbocycles. The Morgan fingerprint density at radius 2 is 1.82 bits per heavy atom. The van der Waals surface area contributed by atoms with Crippen LogP contribution in [0.2, 0.25) is 5.02 Å². The summed E-state index contributed by atoms with van der Waals surface area (Å²) in [6, 6.07) is 3.61. The van der Waals surface area contributed by atoms with Crippen LogP contribution < -0.4 is 4.72 Å². The lowest BCUT2D eigenvalue weighted by atomic mass is 10.2.